The molecular formula is C18H26. The molecule has 98 valence electrons. The lowest BCUT2D eigenvalue weighted by atomic mass is 9.99. The molecule has 0 aliphatic carbocycles. The molecule has 0 atom stereocenters. The van der Waals surface area contributed by atoms with Gasteiger partial charge in [-0.3, -0.25) is 0 Å². The highest BCUT2D eigenvalue weighted by molar-refractivity contribution is 5.29. The average molecular weight is 242 g/mol. The summed E-state index contributed by atoms with van der Waals surface area (Å²) < 4.78 is 0. The summed E-state index contributed by atoms with van der Waals surface area (Å²) in [5, 5.41) is 0. The van der Waals surface area contributed by atoms with Crippen molar-refractivity contribution in [2.24, 2.45) is 0 Å². The highest BCUT2D eigenvalue weighted by Crippen LogP contribution is 2.16. The number of hydrogen-bond donors (Lipinski definition) is 0. The minimum atomic E-state index is 0. The summed E-state index contributed by atoms with van der Waals surface area (Å²) in [6.07, 6.45) is 1.03. The normalized spacial score (nSPS) is 9.50. The van der Waals surface area contributed by atoms with Gasteiger partial charge in [0.15, 0.2) is 0 Å². The fourth-order valence-corrected chi connectivity index (χ4v) is 1.85. The van der Waals surface area contributed by atoms with E-state index in [1.807, 2.05) is 0 Å². The van der Waals surface area contributed by atoms with Crippen LogP contribution in [0.15, 0.2) is 54.6 Å². The maximum absolute atomic E-state index is 2.24. The van der Waals surface area contributed by atoms with Crippen molar-refractivity contribution < 1.29 is 0 Å². The molecule has 0 heterocycles. The summed E-state index contributed by atoms with van der Waals surface area (Å²) in [6, 6.07) is 19.6. The first kappa shape index (κ1) is 16.4. The van der Waals surface area contributed by atoms with Crippen LogP contribution in [0.25, 0.3) is 0 Å². The lowest BCUT2D eigenvalue weighted by Crippen LogP contribution is -1.90. The smallest absolute Gasteiger partial charge is 0.00258 e. The fourth-order valence-electron chi connectivity index (χ4n) is 1.85. The molecule has 0 amide bonds. The molecule has 2 rings (SSSR count). The Balaban J connectivity index is 0.00000144. The maximum atomic E-state index is 2.24. The molecule has 0 heteroatoms. The quantitative estimate of drug-likeness (QED) is 0.650. The summed E-state index contributed by atoms with van der Waals surface area (Å²) >= 11 is 0. The molecule has 0 bridgehead atoms. The lowest BCUT2D eigenvalue weighted by molar-refractivity contribution is 0.865. The molecule has 0 spiro atoms. The van der Waals surface area contributed by atoms with Crippen LogP contribution in [0.1, 0.15) is 51.3 Å². The zero-order chi connectivity index (χ0) is 11.4. The van der Waals surface area contributed by atoms with Crippen LogP contribution >= 0.6 is 0 Å². The van der Waals surface area contributed by atoms with Gasteiger partial charge in [-0.1, -0.05) is 83.3 Å². The zero-order valence-corrected chi connectivity index (χ0v) is 9.98. The van der Waals surface area contributed by atoms with Crippen LogP contribution in [0, 0.1) is 0 Å². The molecule has 0 saturated heterocycles. The van der Waals surface area contributed by atoms with E-state index in [9.17, 15) is 0 Å². The Labute approximate surface area is 113 Å². The summed E-state index contributed by atoms with van der Waals surface area (Å²) in [6.45, 7) is 4.46. The third-order valence-corrected chi connectivity index (χ3v) is 2.90. The second-order valence-electron chi connectivity index (χ2n) is 4.56. The van der Waals surface area contributed by atoms with E-state index in [1.54, 1.807) is 0 Å². The Morgan fingerprint density at radius 1 is 0.722 bits per heavy atom. The van der Waals surface area contributed by atoms with Gasteiger partial charge >= 0.3 is 0 Å². The molecule has 0 nitrogen and oxygen atoms in total. The van der Waals surface area contributed by atoms with E-state index in [0.29, 0.717) is 5.92 Å². The van der Waals surface area contributed by atoms with Gasteiger partial charge in [-0.05, 0) is 29.0 Å². The van der Waals surface area contributed by atoms with Crippen LogP contribution in [-0.2, 0) is 6.42 Å². The van der Waals surface area contributed by atoms with Gasteiger partial charge in [0.1, 0.15) is 0 Å². The minimum Gasteiger partial charge on any atom is -0.0776 e. The molecule has 0 N–H and O–H groups in total. The van der Waals surface area contributed by atoms with Crippen molar-refractivity contribution in [1.29, 1.82) is 0 Å². The van der Waals surface area contributed by atoms with Gasteiger partial charge in [0.05, 0.1) is 0 Å². The van der Waals surface area contributed by atoms with Crippen LogP contribution in [0.2, 0.25) is 0 Å². The first-order chi connectivity index (χ1) is 7.75. The second kappa shape index (κ2) is 7.71. The summed E-state index contributed by atoms with van der Waals surface area (Å²) in [5.74, 6) is 0.616. The molecule has 18 heavy (non-hydrogen) atoms. The minimum absolute atomic E-state index is 0. The molecule has 0 aliphatic heterocycles. The summed E-state index contributed by atoms with van der Waals surface area (Å²) in [5.41, 5.74) is 4.17. The Bertz CT molecular complexity index is 423. The van der Waals surface area contributed by atoms with Crippen molar-refractivity contribution in [3.63, 3.8) is 0 Å². The van der Waals surface area contributed by atoms with Crippen LogP contribution in [-0.4, -0.2) is 0 Å². The third-order valence-electron chi connectivity index (χ3n) is 2.90. The van der Waals surface area contributed by atoms with Crippen LogP contribution in [0.4, 0.5) is 0 Å². The number of rotatable bonds is 3. The van der Waals surface area contributed by atoms with E-state index in [-0.39, 0.29) is 14.9 Å². The van der Waals surface area contributed by atoms with Gasteiger partial charge in [0.25, 0.3) is 0 Å². The van der Waals surface area contributed by atoms with E-state index >= 15 is 0 Å². The van der Waals surface area contributed by atoms with Crippen LogP contribution < -0.4 is 0 Å². The standard InChI is InChI=1S/C16H18.2CH4/c1-13(2)16-10-8-15(9-11-16)12-14-6-4-3-5-7-14;;/h3-11,13H,12H2,1-2H3;2*1H4. The maximum Gasteiger partial charge on any atom is -0.00258 e. The summed E-state index contributed by atoms with van der Waals surface area (Å²) in [7, 11) is 0. The highest BCUT2D eigenvalue weighted by Gasteiger charge is 1.99. The predicted octanol–water partition coefficient (Wildman–Crippen LogP) is 5.67. The Hall–Kier alpha value is -1.56. The third kappa shape index (κ3) is 4.37. The Morgan fingerprint density at radius 2 is 1.22 bits per heavy atom. The van der Waals surface area contributed by atoms with Gasteiger partial charge < -0.3 is 0 Å². The van der Waals surface area contributed by atoms with E-state index in [2.05, 4.69) is 68.4 Å². The molecular weight excluding hydrogens is 216 g/mol. The number of benzene rings is 2. The topological polar surface area (TPSA) is 0 Å². The highest BCUT2D eigenvalue weighted by atomic mass is 14.0. The van der Waals surface area contributed by atoms with Crippen molar-refractivity contribution in [3.8, 4) is 0 Å². The Kier molecular flexibility index (Phi) is 7.04. The van der Waals surface area contributed by atoms with Gasteiger partial charge in [0.2, 0.25) is 0 Å². The van der Waals surface area contributed by atoms with Gasteiger partial charge in [-0.25, -0.2) is 0 Å². The van der Waals surface area contributed by atoms with E-state index in [0.717, 1.165) is 6.42 Å². The summed E-state index contributed by atoms with van der Waals surface area (Å²) in [4.78, 5) is 0. The zero-order valence-electron chi connectivity index (χ0n) is 9.98. The number of hydrogen-bond acceptors (Lipinski definition) is 0. The van der Waals surface area contributed by atoms with Crippen molar-refractivity contribution in [3.05, 3.63) is 71.3 Å². The largest absolute Gasteiger partial charge is 0.0776 e. The van der Waals surface area contributed by atoms with Gasteiger partial charge in [0, 0.05) is 0 Å². The van der Waals surface area contributed by atoms with E-state index in [1.165, 1.54) is 16.7 Å². The SMILES string of the molecule is C.C.CC(C)c1ccc(Cc2ccccc2)cc1. The monoisotopic (exact) mass is 242 g/mol. The van der Waals surface area contributed by atoms with Crippen molar-refractivity contribution in [2.45, 2.75) is 41.0 Å². The predicted molar refractivity (Wildman–Crippen MR) is 83.2 cm³/mol. The van der Waals surface area contributed by atoms with Gasteiger partial charge in [-0.2, -0.15) is 0 Å². The van der Waals surface area contributed by atoms with Crippen LogP contribution in [0.5, 0.6) is 0 Å². The molecule has 0 saturated carbocycles. The molecule has 2 aromatic carbocycles. The molecule has 0 unspecified atom stereocenters. The van der Waals surface area contributed by atoms with Crippen molar-refractivity contribution in [1.82, 2.24) is 0 Å². The first-order valence-electron chi connectivity index (χ1n) is 5.88. The van der Waals surface area contributed by atoms with Crippen molar-refractivity contribution >= 4 is 0 Å². The van der Waals surface area contributed by atoms with Crippen LogP contribution in [0.3, 0.4) is 0 Å². The lowest BCUT2D eigenvalue weighted by Gasteiger charge is -2.07. The van der Waals surface area contributed by atoms with E-state index in [4.69, 9.17) is 0 Å². The van der Waals surface area contributed by atoms with Crippen molar-refractivity contribution in [2.75, 3.05) is 0 Å². The Morgan fingerprint density at radius 3 is 1.72 bits per heavy atom. The molecule has 0 radical (unpaired) electrons. The fraction of sp³-hybridized carbons (Fsp3) is 0.333. The van der Waals surface area contributed by atoms with E-state index < -0.39 is 0 Å². The average Bonchev–Trinajstić information content (AvgIpc) is 2.31. The molecule has 0 aromatic heterocycles. The van der Waals surface area contributed by atoms with Gasteiger partial charge in [-0.15, -0.1) is 0 Å². The first-order valence-corrected chi connectivity index (χ1v) is 5.88. The molecule has 0 aliphatic rings. The molecule has 0 fully saturated rings. The second-order valence-corrected chi connectivity index (χ2v) is 4.56. The molecule has 2 aromatic rings.